The topological polar surface area (TPSA) is 84.4 Å². The van der Waals surface area contributed by atoms with E-state index < -0.39 is 11.7 Å². The van der Waals surface area contributed by atoms with Gasteiger partial charge in [-0.3, -0.25) is 9.59 Å². The van der Waals surface area contributed by atoms with Crippen molar-refractivity contribution in [1.82, 2.24) is 15.1 Å². The first-order chi connectivity index (χ1) is 19.1. The van der Waals surface area contributed by atoms with Gasteiger partial charge in [0.05, 0.1) is 25.1 Å². The highest BCUT2D eigenvalue weighted by atomic mass is 32.1. The number of anilines is 1. The van der Waals surface area contributed by atoms with Gasteiger partial charge in [-0.1, -0.05) is 65.9 Å². The molecule has 7 nitrogen and oxygen atoms in total. The molecule has 1 unspecified atom stereocenters. The minimum atomic E-state index is -4.43. The van der Waals surface area contributed by atoms with E-state index >= 15 is 0 Å². The Balaban J connectivity index is 1.41. The Labute approximate surface area is 233 Å². The maximum atomic E-state index is 13.4. The summed E-state index contributed by atoms with van der Waals surface area (Å²) in [4.78, 5) is 27.8. The normalized spacial score (nSPS) is 12.0. The number of benzene rings is 3. The van der Waals surface area contributed by atoms with Crippen LogP contribution in [0.4, 0.5) is 18.3 Å². The van der Waals surface area contributed by atoms with Crippen LogP contribution in [0, 0.1) is 0 Å². The van der Waals surface area contributed by atoms with Crippen LogP contribution in [0.5, 0.6) is 5.75 Å². The summed E-state index contributed by atoms with van der Waals surface area (Å²) < 4.78 is 43.7. The van der Waals surface area contributed by atoms with Crippen LogP contribution >= 0.6 is 11.3 Å². The van der Waals surface area contributed by atoms with E-state index in [1.54, 1.807) is 24.1 Å². The molecule has 0 radical (unpaired) electrons. The van der Waals surface area contributed by atoms with Gasteiger partial charge in [0.2, 0.25) is 16.9 Å². The Hall–Kier alpha value is -4.25. The van der Waals surface area contributed by atoms with E-state index in [1.807, 2.05) is 49.4 Å². The number of halogens is 3. The third-order valence-electron chi connectivity index (χ3n) is 6.29. The van der Waals surface area contributed by atoms with Gasteiger partial charge in [0.25, 0.3) is 0 Å². The number of amides is 2. The Bertz CT molecular complexity index is 1430. The standard InChI is InChI=1S/C29H27F3N4O3S/c1-19(21-6-4-3-5-7-21)36(26(38)18-20-8-14-24(39-2)15-9-20)17-16-25(37)33-28-35-34-27(40-28)22-10-12-23(13-11-22)29(30,31)32/h3-15,19H,16-18H2,1-2H3,(H,33,35,37). The fourth-order valence-electron chi connectivity index (χ4n) is 4.06. The summed E-state index contributed by atoms with van der Waals surface area (Å²) >= 11 is 1.05. The average Bonchev–Trinajstić information content (AvgIpc) is 3.42. The molecule has 0 aliphatic heterocycles. The zero-order valence-electron chi connectivity index (χ0n) is 21.8. The van der Waals surface area contributed by atoms with Crippen molar-refractivity contribution in [1.29, 1.82) is 0 Å². The summed E-state index contributed by atoms with van der Waals surface area (Å²) in [6.07, 6.45) is -4.25. The van der Waals surface area contributed by atoms with Crippen molar-refractivity contribution in [2.24, 2.45) is 0 Å². The lowest BCUT2D eigenvalue weighted by Crippen LogP contribution is -2.37. The van der Waals surface area contributed by atoms with Crippen molar-refractivity contribution >= 4 is 28.3 Å². The van der Waals surface area contributed by atoms with E-state index in [2.05, 4.69) is 15.5 Å². The summed E-state index contributed by atoms with van der Waals surface area (Å²) in [5.41, 5.74) is 1.46. The Morgan fingerprint density at radius 1 is 0.975 bits per heavy atom. The molecule has 0 spiro atoms. The van der Waals surface area contributed by atoms with Gasteiger partial charge in [-0.25, -0.2) is 0 Å². The molecule has 3 aromatic carbocycles. The predicted octanol–water partition coefficient (Wildman–Crippen LogP) is 6.39. The maximum absolute atomic E-state index is 13.4. The van der Waals surface area contributed by atoms with Gasteiger partial charge < -0.3 is 15.0 Å². The Morgan fingerprint density at radius 3 is 2.27 bits per heavy atom. The highest BCUT2D eigenvalue weighted by Gasteiger charge is 2.30. The van der Waals surface area contributed by atoms with E-state index in [0.717, 1.165) is 34.6 Å². The first-order valence-corrected chi connectivity index (χ1v) is 13.2. The van der Waals surface area contributed by atoms with Crippen LogP contribution in [-0.4, -0.2) is 40.6 Å². The Kier molecular flexibility index (Phi) is 9.15. The molecule has 1 N–H and O–H groups in total. The molecule has 0 bridgehead atoms. The van der Waals surface area contributed by atoms with Gasteiger partial charge in [0.1, 0.15) is 10.8 Å². The number of ether oxygens (including phenoxy) is 1. The molecule has 0 aliphatic rings. The van der Waals surface area contributed by atoms with Crippen molar-refractivity contribution in [3.63, 3.8) is 0 Å². The smallest absolute Gasteiger partial charge is 0.416 e. The molecule has 1 heterocycles. The number of aromatic nitrogens is 2. The zero-order valence-corrected chi connectivity index (χ0v) is 22.6. The summed E-state index contributed by atoms with van der Waals surface area (Å²) in [7, 11) is 1.58. The minimum Gasteiger partial charge on any atom is -0.497 e. The fraction of sp³-hybridized carbons (Fsp3) is 0.241. The summed E-state index contributed by atoms with van der Waals surface area (Å²) in [6, 6.07) is 21.1. The number of nitrogens with zero attached hydrogens (tertiary/aromatic N) is 3. The van der Waals surface area contributed by atoms with E-state index in [1.165, 1.54) is 12.1 Å². The predicted molar refractivity (Wildman–Crippen MR) is 147 cm³/mol. The third-order valence-corrected chi connectivity index (χ3v) is 7.18. The molecule has 0 saturated carbocycles. The summed E-state index contributed by atoms with van der Waals surface area (Å²) in [6.45, 7) is 2.09. The highest BCUT2D eigenvalue weighted by Crippen LogP contribution is 2.32. The van der Waals surface area contributed by atoms with Crippen molar-refractivity contribution in [3.05, 3.63) is 95.6 Å². The molecule has 0 fully saturated rings. The molecule has 40 heavy (non-hydrogen) atoms. The van der Waals surface area contributed by atoms with Crippen LogP contribution in [0.1, 0.15) is 36.1 Å². The lowest BCUT2D eigenvalue weighted by atomic mass is 10.0. The quantitative estimate of drug-likeness (QED) is 0.240. The highest BCUT2D eigenvalue weighted by molar-refractivity contribution is 7.18. The van der Waals surface area contributed by atoms with E-state index in [0.29, 0.717) is 16.3 Å². The van der Waals surface area contributed by atoms with Gasteiger partial charge in [-0.2, -0.15) is 13.2 Å². The molecule has 11 heteroatoms. The number of carbonyl (C=O) groups is 2. The van der Waals surface area contributed by atoms with Crippen molar-refractivity contribution in [2.75, 3.05) is 19.0 Å². The van der Waals surface area contributed by atoms with Gasteiger partial charge in [-0.15, -0.1) is 10.2 Å². The average molecular weight is 569 g/mol. The second-order valence-electron chi connectivity index (χ2n) is 8.98. The molecule has 1 aromatic heterocycles. The van der Waals surface area contributed by atoms with Crippen LogP contribution in [0.25, 0.3) is 10.6 Å². The maximum Gasteiger partial charge on any atom is 0.416 e. The zero-order chi connectivity index (χ0) is 28.7. The van der Waals surface area contributed by atoms with Crippen LogP contribution in [-0.2, 0) is 22.2 Å². The summed E-state index contributed by atoms with van der Waals surface area (Å²) in [5, 5.41) is 11.2. The van der Waals surface area contributed by atoms with Gasteiger partial charge in [0.15, 0.2) is 0 Å². The first-order valence-electron chi connectivity index (χ1n) is 12.4. The van der Waals surface area contributed by atoms with Crippen molar-refractivity contribution < 1.29 is 27.5 Å². The molecule has 0 aliphatic carbocycles. The van der Waals surface area contributed by atoms with E-state index in [9.17, 15) is 22.8 Å². The minimum absolute atomic E-state index is 0.0146. The van der Waals surface area contributed by atoms with E-state index in [-0.39, 0.29) is 42.4 Å². The number of carbonyl (C=O) groups excluding carboxylic acids is 2. The first kappa shape index (κ1) is 28.8. The second kappa shape index (κ2) is 12.7. The third kappa shape index (κ3) is 7.44. The van der Waals surface area contributed by atoms with Gasteiger partial charge in [-0.05, 0) is 42.3 Å². The van der Waals surface area contributed by atoms with E-state index in [4.69, 9.17) is 4.74 Å². The molecular weight excluding hydrogens is 541 g/mol. The molecule has 2 amide bonds. The molecular formula is C29H27F3N4O3S. The van der Waals surface area contributed by atoms with Crippen molar-refractivity contribution in [2.45, 2.75) is 32.0 Å². The van der Waals surface area contributed by atoms with Crippen LogP contribution in [0.15, 0.2) is 78.9 Å². The molecule has 0 saturated heterocycles. The molecule has 4 rings (SSSR count). The summed E-state index contributed by atoms with van der Waals surface area (Å²) in [5.74, 6) is 0.202. The number of methoxy groups -OCH3 is 1. The fourth-order valence-corrected chi connectivity index (χ4v) is 4.83. The molecule has 208 valence electrons. The van der Waals surface area contributed by atoms with Gasteiger partial charge >= 0.3 is 6.18 Å². The number of hydrogen-bond donors (Lipinski definition) is 1. The second-order valence-corrected chi connectivity index (χ2v) is 9.96. The number of rotatable bonds is 10. The van der Waals surface area contributed by atoms with Gasteiger partial charge in [0, 0.05) is 18.5 Å². The Morgan fingerprint density at radius 2 is 1.65 bits per heavy atom. The molecule has 1 atom stereocenters. The monoisotopic (exact) mass is 568 g/mol. The van der Waals surface area contributed by atoms with Crippen LogP contribution in [0.3, 0.4) is 0 Å². The van der Waals surface area contributed by atoms with Crippen LogP contribution in [0.2, 0.25) is 0 Å². The lowest BCUT2D eigenvalue weighted by molar-refractivity contribution is -0.137. The largest absolute Gasteiger partial charge is 0.497 e. The lowest BCUT2D eigenvalue weighted by Gasteiger charge is -2.30. The number of hydrogen-bond acceptors (Lipinski definition) is 6. The SMILES string of the molecule is COc1ccc(CC(=O)N(CCC(=O)Nc2nnc(-c3ccc(C(F)(F)F)cc3)s2)C(C)c2ccccc2)cc1. The molecule has 4 aromatic rings. The van der Waals surface area contributed by atoms with Crippen molar-refractivity contribution in [3.8, 4) is 16.3 Å². The number of alkyl halides is 3. The van der Waals surface area contributed by atoms with Crippen LogP contribution < -0.4 is 10.1 Å². The number of nitrogens with one attached hydrogen (secondary N) is 1.